The van der Waals surface area contributed by atoms with Gasteiger partial charge in [0.2, 0.25) is 0 Å². The zero-order chi connectivity index (χ0) is 24.5. The Bertz CT molecular complexity index is 1450. The van der Waals surface area contributed by atoms with Gasteiger partial charge < -0.3 is 18.8 Å². The fourth-order valence-corrected chi connectivity index (χ4v) is 4.70. The Morgan fingerprint density at radius 1 is 0.946 bits per heavy atom. The number of hydrogen-bond donors (Lipinski definition) is 0. The van der Waals surface area contributed by atoms with Crippen LogP contribution in [0.15, 0.2) is 51.7 Å². The van der Waals surface area contributed by atoms with E-state index >= 15 is 0 Å². The summed E-state index contributed by atoms with van der Waals surface area (Å²) in [5, 5.41) is 2.04. The molecule has 4 aromatic rings. The van der Waals surface area contributed by atoms with Gasteiger partial charge in [-0.2, -0.15) is 0 Å². The SMILES string of the molecule is COc1cc2oc(=O)c(C)c(C)c2cc1OCCN1CCN(c2cccc3ccc(C)nc23)CC1.Cl.Cl. The van der Waals surface area contributed by atoms with Crippen molar-refractivity contribution in [1.82, 2.24) is 9.88 Å². The monoisotopic (exact) mass is 545 g/mol. The molecule has 0 unspecified atom stereocenters. The van der Waals surface area contributed by atoms with E-state index in [-0.39, 0.29) is 30.4 Å². The van der Waals surface area contributed by atoms with Crippen LogP contribution in [0.1, 0.15) is 16.8 Å². The highest BCUT2D eigenvalue weighted by molar-refractivity contribution is 5.91. The lowest BCUT2D eigenvalue weighted by molar-refractivity contribution is 0.197. The minimum Gasteiger partial charge on any atom is -0.493 e. The first-order valence-corrected chi connectivity index (χ1v) is 12.0. The average Bonchev–Trinajstić information content (AvgIpc) is 2.87. The molecule has 1 aliphatic heterocycles. The Morgan fingerprint density at radius 3 is 2.43 bits per heavy atom. The number of benzene rings is 2. The quantitative estimate of drug-likeness (QED) is 0.303. The van der Waals surface area contributed by atoms with Crippen LogP contribution >= 0.6 is 24.8 Å². The summed E-state index contributed by atoms with van der Waals surface area (Å²) < 4.78 is 17.1. The van der Waals surface area contributed by atoms with Crippen LogP contribution in [0, 0.1) is 20.8 Å². The van der Waals surface area contributed by atoms with E-state index < -0.39 is 0 Å². The summed E-state index contributed by atoms with van der Waals surface area (Å²) >= 11 is 0. The number of ether oxygens (including phenoxy) is 2. The maximum Gasteiger partial charge on any atom is 0.339 e. The van der Waals surface area contributed by atoms with E-state index in [0.717, 1.165) is 54.9 Å². The molecule has 0 bridgehead atoms. The van der Waals surface area contributed by atoms with Crippen LogP contribution in [0.3, 0.4) is 0 Å². The second kappa shape index (κ2) is 12.0. The van der Waals surface area contributed by atoms with Crippen molar-refractivity contribution in [2.24, 2.45) is 0 Å². The van der Waals surface area contributed by atoms with E-state index in [0.29, 0.717) is 29.3 Å². The number of aromatic nitrogens is 1. The number of pyridine rings is 1. The molecule has 0 aliphatic carbocycles. The summed E-state index contributed by atoms with van der Waals surface area (Å²) in [6, 6.07) is 14.3. The fourth-order valence-electron chi connectivity index (χ4n) is 4.70. The van der Waals surface area contributed by atoms with Gasteiger partial charge in [-0.25, -0.2) is 4.79 Å². The van der Waals surface area contributed by atoms with Crippen LogP contribution in [0.4, 0.5) is 5.69 Å². The van der Waals surface area contributed by atoms with Crippen molar-refractivity contribution < 1.29 is 13.9 Å². The van der Waals surface area contributed by atoms with Crippen molar-refractivity contribution in [3.63, 3.8) is 0 Å². The van der Waals surface area contributed by atoms with Crippen LogP contribution in [-0.2, 0) is 0 Å². The first kappa shape index (κ1) is 28.6. The highest BCUT2D eigenvalue weighted by Crippen LogP contribution is 2.34. The molecule has 0 N–H and O–H groups in total. The lowest BCUT2D eigenvalue weighted by Gasteiger charge is -2.36. The topological polar surface area (TPSA) is 68.0 Å². The summed E-state index contributed by atoms with van der Waals surface area (Å²) in [7, 11) is 1.59. The predicted octanol–water partition coefficient (Wildman–Crippen LogP) is 5.32. The van der Waals surface area contributed by atoms with Gasteiger partial charge in [0.05, 0.1) is 18.3 Å². The van der Waals surface area contributed by atoms with E-state index in [4.69, 9.17) is 18.9 Å². The molecule has 1 aliphatic rings. The first-order valence-electron chi connectivity index (χ1n) is 12.0. The Balaban J connectivity index is 0.00000190. The highest BCUT2D eigenvalue weighted by atomic mass is 35.5. The normalized spacial score (nSPS) is 13.8. The molecule has 5 rings (SSSR count). The molecule has 0 radical (unpaired) electrons. The molecular formula is C28H33Cl2N3O4. The van der Waals surface area contributed by atoms with Crippen LogP contribution < -0.4 is 20.0 Å². The lowest BCUT2D eigenvalue weighted by atomic mass is 10.1. The summed E-state index contributed by atoms with van der Waals surface area (Å²) in [5.74, 6) is 1.22. The number of aryl methyl sites for hydroxylation is 2. The maximum absolute atomic E-state index is 12.0. The van der Waals surface area contributed by atoms with Gasteiger partial charge in [-0.15, -0.1) is 24.8 Å². The number of fused-ring (bicyclic) bond motifs is 2. The van der Waals surface area contributed by atoms with Crippen molar-refractivity contribution in [3.05, 3.63) is 69.7 Å². The number of piperazine rings is 1. The molecule has 7 nitrogen and oxygen atoms in total. The van der Waals surface area contributed by atoms with Crippen molar-refractivity contribution >= 4 is 52.4 Å². The van der Waals surface area contributed by atoms with Crippen LogP contribution in [0.2, 0.25) is 0 Å². The number of anilines is 1. The van der Waals surface area contributed by atoms with Gasteiger partial charge in [0.25, 0.3) is 0 Å². The minimum absolute atomic E-state index is 0. The molecule has 2 aromatic carbocycles. The molecule has 1 saturated heterocycles. The molecule has 1 fully saturated rings. The molecule has 3 heterocycles. The van der Waals surface area contributed by atoms with Crippen LogP contribution in [0.25, 0.3) is 21.9 Å². The molecular weight excluding hydrogens is 513 g/mol. The molecule has 198 valence electrons. The summed E-state index contributed by atoms with van der Waals surface area (Å²) in [4.78, 5) is 21.7. The van der Waals surface area contributed by atoms with Crippen molar-refractivity contribution in [1.29, 1.82) is 0 Å². The largest absolute Gasteiger partial charge is 0.493 e. The zero-order valence-corrected chi connectivity index (χ0v) is 23.2. The molecule has 37 heavy (non-hydrogen) atoms. The average molecular weight is 546 g/mol. The van der Waals surface area contributed by atoms with Crippen molar-refractivity contribution in [2.45, 2.75) is 20.8 Å². The second-order valence-corrected chi connectivity index (χ2v) is 9.12. The third-order valence-electron chi connectivity index (χ3n) is 6.96. The van der Waals surface area contributed by atoms with E-state index in [2.05, 4.69) is 40.1 Å². The molecule has 0 spiro atoms. The van der Waals surface area contributed by atoms with Crippen LogP contribution in [0.5, 0.6) is 11.5 Å². The number of hydrogen-bond acceptors (Lipinski definition) is 7. The van der Waals surface area contributed by atoms with E-state index in [9.17, 15) is 4.79 Å². The van der Waals surface area contributed by atoms with Gasteiger partial charge in [0.1, 0.15) is 12.2 Å². The number of halogens is 2. The second-order valence-electron chi connectivity index (χ2n) is 9.12. The Kier molecular flexibility index (Phi) is 9.29. The fraction of sp³-hybridized carbons (Fsp3) is 0.357. The van der Waals surface area contributed by atoms with Gasteiger partial charge in [-0.05, 0) is 44.5 Å². The Hall–Kier alpha value is -3.00. The number of methoxy groups -OCH3 is 1. The number of para-hydroxylation sites is 1. The van der Waals surface area contributed by atoms with E-state index in [1.165, 1.54) is 11.1 Å². The maximum atomic E-state index is 12.0. The van der Waals surface area contributed by atoms with Crippen LogP contribution in [-0.4, -0.2) is 56.3 Å². The van der Waals surface area contributed by atoms with E-state index in [1.807, 2.05) is 19.9 Å². The predicted molar refractivity (Wildman–Crippen MR) is 154 cm³/mol. The number of rotatable bonds is 6. The van der Waals surface area contributed by atoms with E-state index in [1.54, 1.807) is 20.1 Å². The van der Waals surface area contributed by atoms with Gasteiger partial charge in [-0.1, -0.05) is 18.2 Å². The van der Waals surface area contributed by atoms with Gasteiger partial charge in [-0.3, -0.25) is 9.88 Å². The molecule has 0 saturated carbocycles. The Morgan fingerprint density at radius 2 is 1.70 bits per heavy atom. The smallest absolute Gasteiger partial charge is 0.339 e. The van der Waals surface area contributed by atoms with Gasteiger partial charge in [0, 0.05) is 60.8 Å². The third kappa shape index (κ3) is 5.79. The standard InChI is InChI=1S/C28H31N3O4.2ClH/c1-18-8-9-21-6-5-7-23(27(21)29-18)31-12-10-30(11-13-31)14-15-34-26-16-22-19(2)20(3)28(32)35-24(22)17-25(26)33-4;;/h5-9,16-17H,10-15H2,1-4H3;2*1H. The summed E-state index contributed by atoms with van der Waals surface area (Å²) in [5.41, 5.74) is 5.03. The molecule has 2 aromatic heterocycles. The Labute approximate surface area is 229 Å². The summed E-state index contributed by atoms with van der Waals surface area (Å²) in [6.45, 7) is 10.9. The molecule has 0 atom stereocenters. The molecule has 0 amide bonds. The lowest BCUT2D eigenvalue weighted by Crippen LogP contribution is -2.47. The first-order chi connectivity index (χ1) is 16.9. The third-order valence-corrected chi connectivity index (χ3v) is 6.96. The highest BCUT2D eigenvalue weighted by Gasteiger charge is 2.20. The zero-order valence-electron chi connectivity index (χ0n) is 21.6. The van der Waals surface area contributed by atoms with Gasteiger partial charge in [0.15, 0.2) is 11.5 Å². The number of nitrogens with zero attached hydrogens (tertiary/aromatic N) is 3. The van der Waals surface area contributed by atoms with Crippen molar-refractivity contribution in [3.8, 4) is 11.5 Å². The summed E-state index contributed by atoms with van der Waals surface area (Å²) in [6.07, 6.45) is 0. The minimum atomic E-state index is -0.320. The van der Waals surface area contributed by atoms with Gasteiger partial charge >= 0.3 is 5.63 Å². The van der Waals surface area contributed by atoms with Crippen molar-refractivity contribution in [2.75, 3.05) is 51.3 Å². The molecule has 9 heteroatoms.